The van der Waals surface area contributed by atoms with Crippen LogP contribution in [-0.2, 0) is 4.79 Å². The van der Waals surface area contributed by atoms with Gasteiger partial charge in [-0.2, -0.15) is 0 Å². The van der Waals surface area contributed by atoms with E-state index in [9.17, 15) is 4.79 Å². The molecule has 6 heteroatoms. The maximum absolute atomic E-state index is 12.4. The summed E-state index contributed by atoms with van der Waals surface area (Å²) < 4.78 is 10.6. The van der Waals surface area contributed by atoms with Gasteiger partial charge < -0.3 is 25.0 Å². The molecule has 0 aliphatic carbocycles. The molecule has 1 fully saturated rings. The van der Waals surface area contributed by atoms with Crippen LogP contribution in [0, 0.1) is 0 Å². The summed E-state index contributed by atoms with van der Waals surface area (Å²) in [6, 6.07) is 13.3. The van der Waals surface area contributed by atoms with Crippen LogP contribution in [-0.4, -0.2) is 31.8 Å². The Morgan fingerprint density at radius 3 is 2.46 bits per heavy atom. The molecule has 0 radical (unpaired) electrons. The summed E-state index contributed by atoms with van der Waals surface area (Å²) in [7, 11) is 0. The molecule has 2 N–H and O–H groups in total. The molecule has 0 spiro atoms. The summed E-state index contributed by atoms with van der Waals surface area (Å²) in [5.41, 5.74) is 2.86. The Labute approximate surface area is 153 Å². The monoisotopic (exact) mass is 353 g/mol. The van der Waals surface area contributed by atoms with Crippen molar-refractivity contribution in [3.8, 4) is 11.5 Å². The van der Waals surface area contributed by atoms with Crippen molar-refractivity contribution in [1.82, 2.24) is 0 Å². The van der Waals surface area contributed by atoms with E-state index in [1.807, 2.05) is 25.1 Å². The molecule has 2 aromatic rings. The summed E-state index contributed by atoms with van der Waals surface area (Å²) in [5.74, 6) is 1.25. The Morgan fingerprint density at radius 2 is 1.69 bits per heavy atom. The first-order valence-corrected chi connectivity index (χ1v) is 9.01. The van der Waals surface area contributed by atoms with Crippen LogP contribution in [0.1, 0.15) is 19.8 Å². The predicted molar refractivity (Wildman–Crippen MR) is 102 cm³/mol. The highest BCUT2D eigenvalue weighted by Crippen LogP contribution is 2.34. The first-order valence-electron chi connectivity index (χ1n) is 9.01. The van der Waals surface area contributed by atoms with E-state index in [4.69, 9.17) is 9.47 Å². The Bertz CT molecular complexity index is 785. The van der Waals surface area contributed by atoms with E-state index in [-0.39, 0.29) is 18.7 Å². The lowest BCUT2D eigenvalue weighted by molar-refractivity contribution is -0.116. The van der Waals surface area contributed by atoms with E-state index in [1.54, 1.807) is 12.1 Å². The smallest absolute Gasteiger partial charge is 0.246 e. The molecule has 2 aromatic carbocycles. The third-order valence-corrected chi connectivity index (χ3v) is 4.76. The number of ether oxygens (including phenoxy) is 2. The maximum Gasteiger partial charge on any atom is 0.246 e. The molecule has 1 amide bonds. The summed E-state index contributed by atoms with van der Waals surface area (Å²) in [5, 5.41) is 6.15. The van der Waals surface area contributed by atoms with Gasteiger partial charge in [0.05, 0.1) is 0 Å². The highest BCUT2D eigenvalue weighted by molar-refractivity contribution is 5.96. The molecule has 0 unspecified atom stereocenters. The number of fused-ring (bicyclic) bond motifs is 1. The number of nitrogens with one attached hydrogen (secondary N) is 2. The van der Waals surface area contributed by atoms with Crippen molar-refractivity contribution in [3.63, 3.8) is 0 Å². The second kappa shape index (κ2) is 7.15. The van der Waals surface area contributed by atoms with Gasteiger partial charge in [0.15, 0.2) is 11.5 Å². The van der Waals surface area contributed by atoms with Gasteiger partial charge in [0.2, 0.25) is 12.7 Å². The van der Waals surface area contributed by atoms with Gasteiger partial charge in [-0.25, -0.2) is 0 Å². The number of carbonyl (C=O) groups excluding carboxylic acids is 1. The summed E-state index contributed by atoms with van der Waals surface area (Å²) >= 11 is 0. The van der Waals surface area contributed by atoms with Crippen LogP contribution < -0.4 is 25.0 Å². The third kappa shape index (κ3) is 3.54. The SMILES string of the molecule is C[C@@H](Nc1ccc(N2CCCC2)cc1)C(=O)Nc1ccc2c(c1)OCO2. The molecule has 4 rings (SSSR count). The van der Waals surface area contributed by atoms with Crippen molar-refractivity contribution in [1.29, 1.82) is 0 Å². The molecule has 2 heterocycles. The third-order valence-electron chi connectivity index (χ3n) is 4.76. The van der Waals surface area contributed by atoms with Crippen LogP contribution in [0.15, 0.2) is 42.5 Å². The summed E-state index contributed by atoms with van der Waals surface area (Å²) in [6.45, 7) is 4.32. The quantitative estimate of drug-likeness (QED) is 0.862. The van der Waals surface area contributed by atoms with Gasteiger partial charge in [0, 0.05) is 36.2 Å². The van der Waals surface area contributed by atoms with Gasteiger partial charge in [0.25, 0.3) is 0 Å². The van der Waals surface area contributed by atoms with Crippen LogP contribution >= 0.6 is 0 Å². The number of rotatable bonds is 5. The minimum Gasteiger partial charge on any atom is -0.454 e. The van der Waals surface area contributed by atoms with Crippen LogP contribution in [0.3, 0.4) is 0 Å². The number of anilines is 3. The molecular formula is C20H23N3O3. The summed E-state index contributed by atoms with van der Waals surface area (Å²) in [6.07, 6.45) is 2.52. The Balaban J connectivity index is 1.35. The second-order valence-corrected chi connectivity index (χ2v) is 6.66. The molecule has 2 aliphatic rings. The molecule has 1 atom stereocenters. The van der Waals surface area contributed by atoms with Crippen molar-refractivity contribution in [2.24, 2.45) is 0 Å². The van der Waals surface area contributed by atoms with Crippen LogP contribution in [0.5, 0.6) is 11.5 Å². The van der Waals surface area contributed by atoms with Crippen molar-refractivity contribution in [2.75, 3.05) is 35.4 Å². The fraction of sp³-hybridized carbons (Fsp3) is 0.350. The molecule has 6 nitrogen and oxygen atoms in total. The average Bonchev–Trinajstić information content (AvgIpc) is 3.33. The Kier molecular flexibility index (Phi) is 4.56. The van der Waals surface area contributed by atoms with Crippen LogP contribution in [0.4, 0.5) is 17.1 Å². The fourth-order valence-electron chi connectivity index (χ4n) is 3.28. The van der Waals surface area contributed by atoms with Crippen molar-refractivity contribution < 1.29 is 14.3 Å². The van der Waals surface area contributed by atoms with Crippen molar-refractivity contribution in [2.45, 2.75) is 25.8 Å². The lowest BCUT2D eigenvalue weighted by atomic mass is 10.2. The minimum atomic E-state index is -0.363. The standard InChI is InChI=1S/C20H23N3O3/c1-14(20(24)22-16-6-9-18-19(12-16)26-13-25-18)21-15-4-7-17(8-5-15)23-10-2-3-11-23/h4-9,12,14,21H,2-3,10-11,13H2,1H3,(H,22,24)/t14-/m1/s1. The molecule has 0 bridgehead atoms. The normalized spacial score (nSPS) is 16.4. The first kappa shape index (κ1) is 16.6. The van der Waals surface area contributed by atoms with E-state index in [1.165, 1.54) is 18.5 Å². The minimum absolute atomic E-state index is 0.104. The van der Waals surface area contributed by atoms with Gasteiger partial charge in [-0.15, -0.1) is 0 Å². The lowest BCUT2D eigenvalue weighted by Gasteiger charge is -2.19. The van der Waals surface area contributed by atoms with Gasteiger partial charge in [-0.3, -0.25) is 4.79 Å². The highest BCUT2D eigenvalue weighted by Gasteiger charge is 2.17. The first-order chi connectivity index (χ1) is 12.7. The van der Waals surface area contributed by atoms with Crippen LogP contribution in [0.25, 0.3) is 0 Å². The molecular weight excluding hydrogens is 330 g/mol. The van der Waals surface area contributed by atoms with Gasteiger partial charge >= 0.3 is 0 Å². The topological polar surface area (TPSA) is 62.8 Å². The predicted octanol–water partition coefficient (Wildman–Crippen LogP) is 3.45. The number of amides is 1. The number of benzene rings is 2. The van der Waals surface area contributed by atoms with E-state index in [0.717, 1.165) is 18.8 Å². The lowest BCUT2D eigenvalue weighted by Crippen LogP contribution is -2.31. The van der Waals surface area contributed by atoms with E-state index in [0.29, 0.717) is 17.2 Å². The molecule has 136 valence electrons. The molecule has 0 saturated carbocycles. The fourth-order valence-corrected chi connectivity index (χ4v) is 3.28. The largest absolute Gasteiger partial charge is 0.454 e. The van der Waals surface area contributed by atoms with Gasteiger partial charge in [-0.1, -0.05) is 0 Å². The number of hydrogen-bond acceptors (Lipinski definition) is 5. The molecule has 1 saturated heterocycles. The maximum atomic E-state index is 12.4. The number of carbonyl (C=O) groups is 1. The number of hydrogen-bond donors (Lipinski definition) is 2. The second-order valence-electron chi connectivity index (χ2n) is 6.66. The molecule has 2 aliphatic heterocycles. The number of nitrogens with zero attached hydrogens (tertiary/aromatic N) is 1. The Morgan fingerprint density at radius 1 is 1.00 bits per heavy atom. The Hall–Kier alpha value is -2.89. The van der Waals surface area contributed by atoms with Crippen molar-refractivity contribution in [3.05, 3.63) is 42.5 Å². The zero-order chi connectivity index (χ0) is 17.9. The molecule has 0 aromatic heterocycles. The van der Waals surface area contributed by atoms with E-state index >= 15 is 0 Å². The van der Waals surface area contributed by atoms with Gasteiger partial charge in [-0.05, 0) is 56.2 Å². The van der Waals surface area contributed by atoms with E-state index < -0.39 is 0 Å². The highest BCUT2D eigenvalue weighted by atomic mass is 16.7. The van der Waals surface area contributed by atoms with Crippen LogP contribution in [0.2, 0.25) is 0 Å². The average molecular weight is 353 g/mol. The zero-order valence-corrected chi connectivity index (χ0v) is 14.8. The van der Waals surface area contributed by atoms with Crippen molar-refractivity contribution >= 4 is 23.0 Å². The summed E-state index contributed by atoms with van der Waals surface area (Å²) in [4.78, 5) is 14.8. The molecule has 26 heavy (non-hydrogen) atoms. The van der Waals surface area contributed by atoms with E-state index in [2.05, 4.69) is 27.7 Å². The zero-order valence-electron chi connectivity index (χ0n) is 14.8. The van der Waals surface area contributed by atoms with Gasteiger partial charge in [0.1, 0.15) is 6.04 Å².